The molecule has 176 valence electrons. The Morgan fingerprint density at radius 2 is 1.67 bits per heavy atom. The van der Waals surface area contributed by atoms with Crippen molar-refractivity contribution in [2.45, 2.75) is 38.3 Å². The van der Waals surface area contributed by atoms with E-state index in [1.807, 2.05) is 6.07 Å². The van der Waals surface area contributed by atoms with Gasteiger partial charge in [-0.3, -0.25) is 34.3 Å². The van der Waals surface area contributed by atoms with E-state index in [1.165, 1.54) is 12.8 Å². The summed E-state index contributed by atoms with van der Waals surface area (Å²) >= 11 is 0. The summed E-state index contributed by atoms with van der Waals surface area (Å²) in [5.41, 5.74) is 1.68. The van der Waals surface area contributed by atoms with Crippen LogP contribution in [0.4, 0.5) is 0 Å². The largest absolute Gasteiger partial charge is 0.316 e. The number of piperidine rings is 2. The molecule has 1 aromatic rings. The quantitative estimate of drug-likeness (QED) is 0.615. The third kappa shape index (κ3) is 4.58. The van der Waals surface area contributed by atoms with Gasteiger partial charge in [-0.25, -0.2) is 0 Å². The van der Waals surface area contributed by atoms with Crippen LogP contribution in [0.3, 0.4) is 0 Å². The molecule has 4 amide bonds. The molecule has 3 fully saturated rings. The van der Waals surface area contributed by atoms with Gasteiger partial charge < -0.3 is 10.2 Å². The second kappa shape index (κ2) is 9.32. The summed E-state index contributed by atoms with van der Waals surface area (Å²) in [5, 5.41) is 5.72. The average molecular weight is 454 g/mol. The van der Waals surface area contributed by atoms with Gasteiger partial charge in [0, 0.05) is 45.7 Å². The van der Waals surface area contributed by atoms with Crippen LogP contribution >= 0.6 is 0 Å². The Morgan fingerprint density at radius 1 is 0.909 bits per heavy atom. The number of nitrogens with one attached hydrogen (secondary N) is 2. The average Bonchev–Trinajstić information content (AvgIpc) is 3.06. The lowest BCUT2D eigenvalue weighted by Gasteiger charge is -2.37. The van der Waals surface area contributed by atoms with Crippen molar-refractivity contribution in [1.29, 1.82) is 0 Å². The number of benzene rings is 1. The molecule has 0 radical (unpaired) electrons. The molecule has 9 nitrogen and oxygen atoms in total. The standard InChI is InChI=1S/C24H31N5O4/c30-21-6-5-20(22(31)26-21)29-23(32)18-4-3-16(12-19(18)24(29)33)14-27-8-10-28(11-9-27)15-17-2-1-7-25-13-17/h3-4,12,17,20,25H,1-2,5-11,13-15H2,(H,26,30,31). The van der Waals surface area contributed by atoms with Crippen molar-refractivity contribution in [1.82, 2.24) is 25.3 Å². The van der Waals surface area contributed by atoms with Crippen LogP contribution in [0.2, 0.25) is 0 Å². The van der Waals surface area contributed by atoms with Gasteiger partial charge in [0.25, 0.3) is 11.8 Å². The van der Waals surface area contributed by atoms with Crippen molar-refractivity contribution in [3.8, 4) is 0 Å². The molecule has 4 aliphatic rings. The number of nitrogens with zero attached hydrogens (tertiary/aromatic N) is 3. The van der Waals surface area contributed by atoms with E-state index in [2.05, 4.69) is 20.4 Å². The molecule has 0 saturated carbocycles. The van der Waals surface area contributed by atoms with E-state index in [0.717, 1.165) is 68.7 Å². The molecule has 0 bridgehead atoms. The molecule has 0 spiro atoms. The molecule has 4 aliphatic heterocycles. The van der Waals surface area contributed by atoms with Gasteiger partial charge in [-0.15, -0.1) is 0 Å². The number of rotatable bonds is 5. The second-order valence-electron chi connectivity index (χ2n) is 9.62. The van der Waals surface area contributed by atoms with Crippen molar-refractivity contribution >= 4 is 23.6 Å². The summed E-state index contributed by atoms with van der Waals surface area (Å²) in [6.07, 6.45) is 2.87. The zero-order chi connectivity index (χ0) is 22.9. The lowest BCUT2D eigenvalue weighted by molar-refractivity contribution is -0.136. The Bertz CT molecular complexity index is 966. The van der Waals surface area contributed by atoms with E-state index < -0.39 is 23.8 Å². The predicted octanol–water partition coefficient (Wildman–Crippen LogP) is 0.205. The highest BCUT2D eigenvalue weighted by Crippen LogP contribution is 2.28. The van der Waals surface area contributed by atoms with E-state index in [4.69, 9.17) is 0 Å². The highest BCUT2D eigenvalue weighted by Gasteiger charge is 2.44. The maximum atomic E-state index is 13.0. The Hall–Kier alpha value is -2.62. The first-order valence-corrected chi connectivity index (χ1v) is 12.0. The monoisotopic (exact) mass is 453 g/mol. The number of carbonyl (C=O) groups excluding carboxylic acids is 4. The van der Waals surface area contributed by atoms with E-state index in [-0.39, 0.29) is 18.7 Å². The summed E-state index contributed by atoms with van der Waals surface area (Å²) < 4.78 is 0. The molecule has 2 atom stereocenters. The van der Waals surface area contributed by atoms with Crippen LogP contribution in [0.1, 0.15) is 52.0 Å². The lowest BCUT2D eigenvalue weighted by atomic mass is 9.99. The lowest BCUT2D eigenvalue weighted by Crippen LogP contribution is -2.54. The molecule has 0 aromatic heterocycles. The Labute approximate surface area is 193 Å². The van der Waals surface area contributed by atoms with E-state index in [0.29, 0.717) is 11.1 Å². The minimum absolute atomic E-state index is 0.123. The molecular formula is C24H31N5O4. The number of imide groups is 2. The second-order valence-corrected chi connectivity index (χ2v) is 9.62. The zero-order valence-corrected chi connectivity index (χ0v) is 18.8. The highest BCUT2D eigenvalue weighted by atomic mass is 16.2. The number of carbonyl (C=O) groups is 4. The van der Waals surface area contributed by atoms with Crippen molar-refractivity contribution in [2.24, 2.45) is 5.92 Å². The molecule has 0 aliphatic carbocycles. The number of amides is 4. The van der Waals surface area contributed by atoms with Gasteiger partial charge in [0.15, 0.2) is 0 Å². The molecule has 9 heteroatoms. The van der Waals surface area contributed by atoms with Gasteiger partial charge >= 0.3 is 0 Å². The van der Waals surface area contributed by atoms with E-state index in [1.54, 1.807) is 12.1 Å². The summed E-state index contributed by atoms with van der Waals surface area (Å²) in [6, 6.07) is 4.47. The molecule has 2 unspecified atom stereocenters. The van der Waals surface area contributed by atoms with E-state index in [9.17, 15) is 19.2 Å². The summed E-state index contributed by atoms with van der Waals surface area (Å²) in [4.78, 5) is 55.5. The fourth-order valence-corrected chi connectivity index (χ4v) is 5.45. The number of hydrogen-bond acceptors (Lipinski definition) is 7. The molecule has 1 aromatic carbocycles. The molecule has 2 N–H and O–H groups in total. The first kappa shape index (κ1) is 22.2. The molecular weight excluding hydrogens is 422 g/mol. The fraction of sp³-hybridized carbons (Fsp3) is 0.583. The van der Waals surface area contributed by atoms with Crippen LogP contribution in [0, 0.1) is 5.92 Å². The topological polar surface area (TPSA) is 102 Å². The molecule has 3 saturated heterocycles. The molecule has 5 rings (SSSR count). The third-order valence-corrected chi connectivity index (χ3v) is 7.29. The maximum absolute atomic E-state index is 13.0. The smallest absolute Gasteiger partial charge is 0.262 e. The van der Waals surface area contributed by atoms with Crippen LogP contribution in [0.15, 0.2) is 18.2 Å². The van der Waals surface area contributed by atoms with Crippen molar-refractivity contribution in [3.05, 3.63) is 34.9 Å². The predicted molar refractivity (Wildman–Crippen MR) is 120 cm³/mol. The SMILES string of the molecule is O=C1CCC(N2C(=O)c3ccc(CN4CCN(CC5CCCNC5)CC4)cc3C2=O)C(=O)N1. The number of piperazine rings is 1. The third-order valence-electron chi connectivity index (χ3n) is 7.29. The fourth-order valence-electron chi connectivity index (χ4n) is 5.45. The van der Waals surface area contributed by atoms with Gasteiger partial charge in [0.1, 0.15) is 6.04 Å². The van der Waals surface area contributed by atoms with Gasteiger partial charge in [-0.2, -0.15) is 0 Å². The van der Waals surface area contributed by atoms with Gasteiger partial charge in [-0.05, 0) is 56.0 Å². The maximum Gasteiger partial charge on any atom is 0.262 e. The van der Waals surface area contributed by atoms with Crippen LogP contribution < -0.4 is 10.6 Å². The highest BCUT2D eigenvalue weighted by molar-refractivity contribution is 6.23. The van der Waals surface area contributed by atoms with Crippen LogP contribution in [0.25, 0.3) is 0 Å². The Kier molecular flexibility index (Phi) is 6.27. The first-order chi connectivity index (χ1) is 16.0. The van der Waals surface area contributed by atoms with Crippen LogP contribution in [-0.2, 0) is 16.1 Å². The zero-order valence-electron chi connectivity index (χ0n) is 18.8. The van der Waals surface area contributed by atoms with Crippen LogP contribution in [-0.4, -0.2) is 90.2 Å². The first-order valence-electron chi connectivity index (χ1n) is 12.0. The minimum Gasteiger partial charge on any atom is -0.316 e. The summed E-state index contributed by atoms with van der Waals surface area (Å²) in [7, 11) is 0. The normalized spacial score (nSPS) is 27.1. The summed E-state index contributed by atoms with van der Waals surface area (Å²) in [6.45, 7) is 8.20. The van der Waals surface area contributed by atoms with Crippen molar-refractivity contribution < 1.29 is 19.2 Å². The number of fused-ring (bicyclic) bond motifs is 1. The van der Waals surface area contributed by atoms with Crippen molar-refractivity contribution in [2.75, 3.05) is 45.8 Å². The number of hydrogen-bond donors (Lipinski definition) is 2. The minimum atomic E-state index is -0.925. The van der Waals surface area contributed by atoms with Gasteiger partial charge in [0.2, 0.25) is 11.8 Å². The van der Waals surface area contributed by atoms with Crippen LogP contribution in [0.5, 0.6) is 0 Å². The van der Waals surface area contributed by atoms with Gasteiger partial charge in [0.05, 0.1) is 11.1 Å². The molecule has 4 heterocycles. The molecule has 33 heavy (non-hydrogen) atoms. The Morgan fingerprint density at radius 3 is 2.39 bits per heavy atom. The van der Waals surface area contributed by atoms with E-state index >= 15 is 0 Å². The summed E-state index contributed by atoms with van der Waals surface area (Å²) in [5.74, 6) is -1.11. The van der Waals surface area contributed by atoms with Gasteiger partial charge in [-0.1, -0.05) is 6.07 Å². The Balaban J connectivity index is 1.19. The van der Waals surface area contributed by atoms with Crippen molar-refractivity contribution in [3.63, 3.8) is 0 Å².